The van der Waals surface area contributed by atoms with Gasteiger partial charge in [-0.3, -0.25) is 4.79 Å². The van der Waals surface area contributed by atoms with Gasteiger partial charge in [-0.15, -0.1) is 12.4 Å². The van der Waals surface area contributed by atoms with Crippen LogP contribution in [0.5, 0.6) is 0 Å². The predicted molar refractivity (Wildman–Crippen MR) is 76.6 cm³/mol. The van der Waals surface area contributed by atoms with Crippen molar-refractivity contribution >= 4 is 18.3 Å². The van der Waals surface area contributed by atoms with E-state index in [1.807, 2.05) is 0 Å². The smallest absolute Gasteiger partial charge is 0.347 e. The summed E-state index contributed by atoms with van der Waals surface area (Å²) in [5.74, 6) is -1.78. The molecule has 0 radical (unpaired) electrons. The van der Waals surface area contributed by atoms with Crippen LogP contribution in [-0.2, 0) is 6.18 Å². The Balaban J connectivity index is 0.00000242. The third-order valence-corrected chi connectivity index (χ3v) is 3.66. The van der Waals surface area contributed by atoms with Gasteiger partial charge in [0.15, 0.2) is 0 Å². The summed E-state index contributed by atoms with van der Waals surface area (Å²) >= 11 is 0. The number of benzene rings is 1. The van der Waals surface area contributed by atoms with Gasteiger partial charge in [0.05, 0.1) is 11.1 Å². The minimum Gasteiger partial charge on any atom is -0.347 e. The van der Waals surface area contributed by atoms with Crippen LogP contribution in [0.25, 0.3) is 0 Å². The first-order valence-electron chi connectivity index (χ1n) is 6.61. The van der Waals surface area contributed by atoms with Gasteiger partial charge < -0.3 is 10.6 Å². The maximum absolute atomic E-state index is 13.6. The Labute approximate surface area is 131 Å². The monoisotopic (exact) mass is 340 g/mol. The summed E-state index contributed by atoms with van der Waals surface area (Å²) in [6.07, 6.45) is -3.33. The lowest BCUT2D eigenvalue weighted by molar-refractivity contribution is -0.137. The molecule has 1 saturated heterocycles. The van der Waals surface area contributed by atoms with Crippen LogP contribution in [0.4, 0.5) is 17.6 Å². The molecule has 2 N–H and O–H groups in total. The van der Waals surface area contributed by atoms with Gasteiger partial charge in [0, 0.05) is 5.54 Å². The molecule has 0 aromatic heterocycles. The highest BCUT2D eigenvalue weighted by molar-refractivity contribution is 5.95. The number of carbonyl (C=O) groups excluding carboxylic acids is 1. The molecule has 3 nitrogen and oxygen atoms in total. The highest BCUT2D eigenvalue weighted by Crippen LogP contribution is 2.30. The van der Waals surface area contributed by atoms with Gasteiger partial charge in [0.2, 0.25) is 0 Å². The molecule has 8 heteroatoms. The van der Waals surface area contributed by atoms with Crippen LogP contribution >= 0.6 is 12.4 Å². The van der Waals surface area contributed by atoms with Crippen LogP contribution in [0.3, 0.4) is 0 Å². The fourth-order valence-corrected chi connectivity index (χ4v) is 2.32. The zero-order valence-electron chi connectivity index (χ0n) is 11.9. The Kier molecular flexibility index (Phi) is 5.81. The van der Waals surface area contributed by atoms with Crippen molar-refractivity contribution in [1.82, 2.24) is 10.6 Å². The van der Waals surface area contributed by atoms with Crippen molar-refractivity contribution in [3.8, 4) is 0 Å². The first-order chi connectivity index (χ1) is 9.71. The van der Waals surface area contributed by atoms with Gasteiger partial charge in [0.25, 0.3) is 5.91 Å². The maximum atomic E-state index is 13.6. The highest BCUT2D eigenvalue weighted by atomic mass is 35.5. The number of piperidine rings is 1. The molecule has 1 aliphatic heterocycles. The Morgan fingerprint density at radius 3 is 2.41 bits per heavy atom. The molecule has 0 saturated carbocycles. The predicted octanol–water partition coefficient (Wildman–Crippen LogP) is 3.14. The molecular weight excluding hydrogens is 324 g/mol. The van der Waals surface area contributed by atoms with E-state index in [0.29, 0.717) is 44.1 Å². The Morgan fingerprint density at radius 2 is 1.86 bits per heavy atom. The lowest BCUT2D eigenvalue weighted by atomic mass is 9.90. The maximum Gasteiger partial charge on any atom is 0.416 e. The number of hydrogen-bond donors (Lipinski definition) is 2. The molecule has 1 aliphatic rings. The number of hydrogen-bond acceptors (Lipinski definition) is 2. The molecule has 22 heavy (non-hydrogen) atoms. The molecule has 0 aliphatic carbocycles. The third kappa shape index (κ3) is 4.33. The molecule has 0 atom stereocenters. The Morgan fingerprint density at radius 1 is 1.27 bits per heavy atom. The Bertz CT molecular complexity index is 542. The number of alkyl halides is 3. The average Bonchev–Trinajstić information content (AvgIpc) is 2.38. The van der Waals surface area contributed by atoms with Crippen molar-refractivity contribution in [1.29, 1.82) is 0 Å². The summed E-state index contributed by atoms with van der Waals surface area (Å²) in [5.41, 5.74) is -2.16. The van der Waals surface area contributed by atoms with Crippen molar-refractivity contribution in [2.24, 2.45) is 0 Å². The summed E-state index contributed by atoms with van der Waals surface area (Å²) in [7, 11) is 0. The first-order valence-corrected chi connectivity index (χ1v) is 6.61. The van der Waals surface area contributed by atoms with E-state index in [-0.39, 0.29) is 12.4 Å². The summed E-state index contributed by atoms with van der Waals surface area (Å²) in [6, 6.07) is 1.84. The number of carbonyl (C=O) groups is 1. The first kappa shape index (κ1) is 18.7. The fourth-order valence-electron chi connectivity index (χ4n) is 2.32. The van der Waals surface area contributed by atoms with E-state index in [2.05, 4.69) is 10.6 Å². The van der Waals surface area contributed by atoms with E-state index >= 15 is 0 Å². The molecule has 1 heterocycles. The van der Waals surface area contributed by atoms with E-state index in [1.54, 1.807) is 6.92 Å². The van der Waals surface area contributed by atoms with Crippen LogP contribution in [-0.4, -0.2) is 24.5 Å². The summed E-state index contributed by atoms with van der Waals surface area (Å²) in [5, 5.41) is 5.76. The van der Waals surface area contributed by atoms with Gasteiger partial charge >= 0.3 is 6.18 Å². The Hall–Kier alpha value is -1.34. The molecule has 0 bridgehead atoms. The van der Waals surface area contributed by atoms with E-state index < -0.39 is 34.6 Å². The van der Waals surface area contributed by atoms with E-state index in [1.165, 1.54) is 0 Å². The molecule has 0 unspecified atom stereocenters. The van der Waals surface area contributed by atoms with Crippen molar-refractivity contribution in [2.75, 3.05) is 13.1 Å². The molecule has 2 rings (SSSR count). The molecule has 1 aromatic carbocycles. The minimum atomic E-state index is -4.61. The van der Waals surface area contributed by atoms with Gasteiger partial charge in [0.1, 0.15) is 5.82 Å². The van der Waals surface area contributed by atoms with E-state index in [9.17, 15) is 22.4 Å². The van der Waals surface area contributed by atoms with Crippen molar-refractivity contribution in [3.05, 3.63) is 35.1 Å². The van der Waals surface area contributed by atoms with Gasteiger partial charge in [-0.2, -0.15) is 13.2 Å². The van der Waals surface area contributed by atoms with Gasteiger partial charge in [-0.05, 0) is 51.1 Å². The van der Waals surface area contributed by atoms with E-state index in [4.69, 9.17) is 0 Å². The highest BCUT2D eigenvalue weighted by Gasteiger charge is 2.33. The van der Waals surface area contributed by atoms with E-state index in [0.717, 1.165) is 0 Å². The van der Waals surface area contributed by atoms with Gasteiger partial charge in [-0.1, -0.05) is 0 Å². The van der Waals surface area contributed by atoms with Crippen LogP contribution in [0.15, 0.2) is 18.2 Å². The lowest BCUT2D eigenvalue weighted by Gasteiger charge is -2.35. The van der Waals surface area contributed by atoms with Crippen molar-refractivity contribution in [3.63, 3.8) is 0 Å². The summed E-state index contributed by atoms with van der Waals surface area (Å²) < 4.78 is 51.6. The largest absolute Gasteiger partial charge is 0.416 e. The second-order valence-corrected chi connectivity index (χ2v) is 5.46. The number of nitrogens with one attached hydrogen (secondary N) is 2. The molecule has 1 fully saturated rings. The SMILES string of the molecule is CC1(NC(=O)c2cc(C(F)(F)F)ccc2F)CCNCC1.Cl. The zero-order chi connectivity index (χ0) is 15.7. The number of halogens is 5. The topological polar surface area (TPSA) is 41.1 Å². The van der Waals surface area contributed by atoms with Crippen LogP contribution in [0.1, 0.15) is 35.7 Å². The lowest BCUT2D eigenvalue weighted by Crippen LogP contribution is -2.52. The third-order valence-electron chi connectivity index (χ3n) is 3.66. The second kappa shape index (κ2) is 6.83. The fraction of sp³-hybridized carbons (Fsp3) is 0.500. The average molecular weight is 341 g/mol. The summed E-state index contributed by atoms with van der Waals surface area (Å²) in [6.45, 7) is 3.20. The number of amides is 1. The van der Waals surface area contributed by atoms with Crippen LogP contribution < -0.4 is 10.6 Å². The normalized spacial score (nSPS) is 17.5. The molecule has 1 aromatic rings. The van der Waals surface area contributed by atoms with Crippen LogP contribution in [0.2, 0.25) is 0 Å². The van der Waals surface area contributed by atoms with Gasteiger partial charge in [-0.25, -0.2) is 4.39 Å². The van der Waals surface area contributed by atoms with Crippen molar-refractivity contribution < 1.29 is 22.4 Å². The minimum absolute atomic E-state index is 0. The molecular formula is C14H17ClF4N2O. The molecule has 124 valence electrons. The summed E-state index contributed by atoms with van der Waals surface area (Å²) in [4.78, 5) is 12.1. The second-order valence-electron chi connectivity index (χ2n) is 5.46. The zero-order valence-corrected chi connectivity index (χ0v) is 12.7. The number of rotatable bonds is 2. The quantitative estimate of drug-likeness (QED) is 0.812. The molecule has 1 amide bonds. The van der Waals surface area contributed by atoms with Crippen molar-refractivity contribution in [2.45, 2.75) is 31.5 Å². The van der Waals surface area contributed by atoms with Crippen LogP contribution in [0, 0.1) is 5.82 Å². The standard InChI is InChI=1S/C14H16F4N2O.ClH/c1-13(4-6-19-7-5-13)20-12(21)10-8-9(14(16,17)18)2-3-11(10)15;/h2-3,8,19H,4-7H2,1H3,(H,20,21);1H. The molecule has 0 spiro atoms.